The first-order chi connectivity index (χ1) is 9.90. The highest BCUT2D eigenvalue weighted by Gasteiger charge is 2.15. The van der Waals surface area contributed by atoms with E-state index in [0.29, 0.717) is 6.10 Å². The summed E-state index contributed by atoms with van der Waals surface area (Å²) in [4.78, 5) is 0. The highest BCUT2D eigenvalue weighted by atomic mass is 16.5. The zero-order valence-corrected chi connectivity index (χ0v) is 12.3. The van der Waals surface area contributed by atoms with Crippen LogP contribution in [-0.2, 0) is 16.0 Å². The molecule has 1 heterocycles. The minimum atomic E-state index is 0.391. The summed E-state index contributed by atoms with van der Waals surface area (Å²) in [5.41, 5.74) is 1.19. The Balaban J connectivity index is 1.74. The van der Waals surface area contributed by atoms with Crippen LogP contribution in [0.3, 0.4) is 0 Å². The zero-order valence-electron chi connectivity index (χ0n) is 12.3. The van der Waals surface area contributed by atoms with Gasteiger partial charge in [0.1, 0.15) is 5.75 Å². The average molecular weight is 279 g/mol. The van der Waals surface area contributed by atoms with Gasteiger partial charge in [-0.1, -0.05) is 18.2 Å². The molecule has 4 heteroatoms. The third kappa shape index (κ3) is 5.12. The zero-order chi connectivity index (χ0) is 14.0. The fourth-order valence-corrected chi connectivity index (χ4v) is 2.36. The smallest absolute Gasteiger partial charge is 0.123 e. The van der Waals surface area contributed by atoms with Crippen LogP contribution in [0, 0.1) is 0 Å². The van der Waals surface area contributed by atoms with Crippen LogP contribution in [0.25, 0.3) is 0 Å². The maximum atomic E-state index is 5.90. The molecule has 0 aromatic heterocycles. The van der Waals surface area contributed by atoms with Crippen LogP contribution in [0.15, 0.2) is 24.3 Å². The summed E-state index contributed by atoms with van der Waals surface area (Å²) < 4.78 is 16.5. The van der Waals surface area contributed by atoms with Gasteiger partial charge in [0, 0.05) is 38.8 Å². The summed E-state index contributed by atoms with van der Waals surface area (Å²) in [5.74, 6) is 0.968. The van der Waals surface area contributed by atoms with E-state index in [0.717, 1.165) is 45.1 Å². The molecule has 20 heavy (non-hydrogen) atoms. The van der Waals surface area contributed by atoms with Crippen molar-refractivity contribution in [2.75, 3.05) is 33.5 Å². The first kappa shape index (κ1) is 15.3. The molecule has 0 aliphatic carbocycles. The van der Waals surface area contributed by atoms with Crippen LogP contribution in [-0.4, -0.2) is 39.6 Å². The molecule has 1 aliphatic heterocycles. The van der Waals surface area contributed by atoms with Crippen molar-refractivity contribution in [2.45, 2.75) is 31.9 Å². The van der Waals surface area contributed by atoms with E-state index < -0.39 is 0 Å². The second kappa shape index (κ2) is 8.95. The van der Waals surface area contributed by atoms with Crippen LogP contribution < -0.4 is 10.1 Å². The van der Waals surface area contributed by atoms with E-state index in [1.54, 1.807) is 7.11 Å². The fraction of sp³-hybridized carbons (Fsp3) is 0.625. The number of benzene rings is 1. The fourth-order valence-electron chi connectivity index (χ4n) is 2.36. The van der Waals surface area contributed by atoms with Gasteiger partial charge in [-0.3, -0.25) is 0 Å². The minimum absolute atomic E-state index is 0.391. The molecule has 1 fully saturated rings. The van der Waals surface area contributed by atoms with E-state index in [4.69, 9.17) is 14.2 Å². The second-order valence-corrected chi connectivity index (χ2v) is 5.05. The lowest BCUT2D eigenvalue weighted by Gasteiger charge is -2.14. The van der Waals surface area contributed by atoms with Gasteiger partial charge in [0.2, 0.25) is 0 Å². The lowest BCUT2D eigenvalue weighted by molar-refractivity contribution is 0.0902. The highest BCUT2D eigenvalue weighted by Crippen LogP contribution is 2.20. The highest BCUT2D eigenvalue weighted by molar-refractivity contribution is 5.33. The molecule has 2 rings (SSSR count). The Hall–Kier alpha value is -1.10. The molecule has 1 N–H and O–H groups in total. The van der Waals surface area contributed by atoms with Crippen molar-refractivity contribution in [3.8, 4) is 5.75 Å². The van der Waals surface area contributed by atoms with Gasteiger partial charge in [-0.2, -0.15) is 0 Å². The molecular weight excluding hydrogens is 254 g/mol. The van der Waals surface area contributed by atoms with Crippen LogP contribution >= 0.6 is 0 Å². The standard InChI is InChI=1S/C16H25NO3/c1-18-12-9-17-13-14-5-2-3-7-16(14)20-11-8-15-6-4-10-19-15/h2-3,5,7,15,17H,4,6,8-13H2,1H3. The normalized spacial score (nSPS) is 18.4. The van der Waals surface area contributed by atoms with Crippen LogP contribution in [0.5, 0.6) is 5.75 Å². The molecule has 1 aromatic rings. The number of hydrogen-bond donors (Lipinski definition) is 1. The molecule has 0 spiro atoms. The molecule has 1 unspecified atom stereocenters. The van der Waals surface area contributed by atoms with Crippen molar-refractivity contribution >= 4 is 0 Å². The van der Waals surface area contributed by atoms with E-state index >= 15 is 0 Å². The molecule has 4 nitrogen and oxygen atoms in total. The van der Waals surface area contributed by atoms with Gasteiger partial charge in [-0.15, -0.1) is 0 Å². The van der Waals surface area contributed by atoms with Gasteiger partial charge in [-0.05, 0) is 18.9 Å². The molecule has 0 bridgehead atoms. The summed E-state index contributed by atoms with van der Waals surface area (Å²) in [7, 11) is 1.71. The molecule has 0 amide bonds. The molecule has 1 aliphatic rings. The van der Waals surface area contributed by atoms with Gasteiger partial charge >= 0.3 is 0 Å². The Kier molecular flexibility index (Phi) is 6.84. The van der Waals surface area contributed by atoms with Gasteiger partial charge in [0.15, 0.2) is 0 Å². The summed E-state index contributed by atoms with van der Waals surface area (Å²) in [6, 6.07) is 8.18. The van der Waals surface area contributed by atoms with Crippen LogP contribution in [0.2, 0.25) is 0 Å². The quantitative estimate of drug-likeness (QED) is 0.705. The van der Waals surface area contributed by atoms with Crippen LogP contribution in [0.1, 0.15) is 24.8 Å². The van der Waals surface area contributed by atoms with Gasteiger partial charge < -0.3 is 19.5 Å². The van der Waals surface area contributed by atoms with E-state index in [2.05, 4.69) is 11.4 Å². The molecular formula is C16H25NO3. The maximum Gasteiger partial charge on any atom is 0.123 e. The number of rotatable bonds is 9. The maximum absolute atomic E-state index is 5.90. The molecule has 112 valence electrons. The van der Waals surface area contributed by atoms with Crippen molar-refractivity contribution in [2.24, 2.45) is 0 Å². The van der Waals surface area contributed by atoms with Crippen molar-refractivity contribution < 1.29 is 14.2 Å². The first-order valence-corrected chi connectivity index (χ1v) is 7.42. The molecule has 1 aromatic carbocycles. The van der Waals surface area contributed by atoms with Gasteiger partial charge in [-0.25, -0.2) is 0 Å². The lowest BCUT2D eigenvalue weighted by Crippen LogP contribution is -2.19. The van der Waals surface area contributed by atoms with Crippen molar-refractivity contribution in [3.63, 3.8) is 0 Å². The Morgan fingerprint density at radius 2 is 2.20 bits per heavy atom. The summed E-state index contributed by atoms with van der Waals surface area (Å²) in [5, 5.41) is 3.34. The summed E-state index contributed by atoms with van der Waals surface area (Å²) in [6.45, 7) is 4.01. The van der Waals surface area contributed by atoms with Crippen molar-refractivity contribution in [3.05, 3.63) is 29.8 Å². The molecule has 1 atom stereocenters. The van der Waals surface area contributed by atoms with Crippen molar-refractivity contribution in [1.29, 1.82) is 0 Å². The largest absolute Gasteiger partial charge is 0.493 e. The van der Waals surface area contributed by atoms with Crippen LogP contribution in [0.4, 0.5) is 0 Å². The van der Waals surface area contributed by atoms with E-state index in [1.807, 2.05) is 18.2 Å². The van der Waals surface area contributed by atoms with E-state index in [9.17, 15) is 0 Å². The molecule has 0 saturated carbocycles. The molecule has 1 saturated heterocycles. The molecule has 0 radical (unpaired) electrons. The summed E-state index contributed by atoms with van der Waals surface area (Å²) >= 11 is 0. The topological polar surface area (TPSA) is 39.7 Å². The number of para-hydroxylation sites is 1. The Morgan fingerprint density at radius 1 is 1.30 bits per heavy atom. The number of ether oxygens (including phenoxy) is 3. The van der Waals surface area contributed by atoms with Gasteiger partial charge in [0.05, 0.1) is 19.3 Å². The van der Waals surface area contributed by atoms with Gasteiger partial charge in [0.25, 0.3) is 0 Å². The minimum Gasteiger partial charge on any atom is -0.493 e. The monoisotopic (exact) mass is 279 g/mol. The van der Waals surface area contributed by atoms with E-state index in [1.165, 1.54) is 18.4 Å². The lowest BCUT2D eigenvalue weighted by atomic mass is 10.2. The number of nitrogens with one attached hydrogen (secondary N) is 1. The number of hydrogen-bond acceptors (Lipinski definition) is 4. The Labute approximate surface area is 121 Å². The third-order valence-corrected chi connectivity index (χ3v) is 3.49. The Morgan fingerprint density at radius 3 is 3.00 bits per heavy atom. The number of methoxy groups -OCH3 is 1. The van der Waals surface area contributed by atoms with E-state index in [-0.39, 0.29) is 0 Å². The SMILES string of the molecule is COCCNCc1ccccc1OCCC1CCCO1. The average Bonchev–Trinajstić information content (AvgIpc) is 2.98. The van der Waals surface area contributed by atoms with Crippen molar-refractivity contribution in [1.82, 2.24) is 5.32 Å². The Bertz CT molecular complexity index is 378. The second-order valence-electron chi connectivity index (χ2n) is 5.05. The third-order valence-electron chi connectivity index (χ3n) is 3.49. The predicted molar refractivity (Wildman–Crippen MR) is 79.1 cm³/mol. The summed E-state index contributed by atoms with van der Waals surface area (Å²) in [6.07, 6.45) is 3.72. The predicted octanol–water partition coefficient (Wildman–Crippen LogP) is 2.37. The first-order valence-electron chi connectivity index (χ1n) is 7.42.